The van der Waals surface area contributed by atoms with E-state index in [9.17, 15) is 4.79 Å². The molecule has 5 nitrogen and oxygen atoms in total. The second-order valence-electron chi connectivity index (χ2n) is 6.93. The second kappa shape index (κ2) is 9.79. The van der Waals surface area contributed by atoms with Gasteiger partial charge in [0.25, 0.3) is 5.91 Å². The van der Waals surface area contributed by atoms with Gasteiger partial charge in [-0.2, -0.15) is 0 Å². The number of halogens is 2. The maximum Gasteiger partial charge on any atom is 0.270 e. The molecule has 1 fully saturated rings. The normalized spacial score (nSPS) is 15.9. The largest absolute Gasteiger partial charge is 0.489 e. The van der Waals surface area contributed by atoms with Gasteiger partial charge >= 0.3 is 0 Å². The van der Waals surface area contributed by atoms with E-state index in [-0.39, 0.29) is 12.0 Å². The zero-order valence-electron chi connectivity index (χ0n) is 16.1. The van der Waals surface area contributed by atoms with Crippen molar-refractivity contribution in [3.63, 3.8) is 0 Å². The van der Waals surface area contributed by atoms with Gasteiger partial charge in [0.15, 0.2) is 0 Å². The molecular formula is C22H20Cl2N2O3S. The molecule has 0 spiro atoms. The van der Waals surface area contributed by atoms with Crippen LogP contribution in [0.1, 0.15) is 28.9 Å². The minimum Gasteiger partial charge on any atom is -0.489 e. The Hall–Kier alpha value is -2.12. The van der Waals surface area contributed by atoms with Crippen molar-refractivity contribution in [2.45, 2.75) is 25.6 Å². The van der Waals surface area contributed by atoms with Crippen LogP contribution in [0.2, 0.25) is 10.0 Å². The smallest absolute Gasteiger partial charge is 0.270 e. The van der Waals surface area contributed by atoms with Crippen molar-refractivity contribution in [2.24, 2.45) is 0 Å². The van der Waals surface area contributed by atoms with Crippen LogP contribution < -0.4 is 10.1 Å². The van der Waals surface area contributed by atoms with E-state index < -0.39 is 0 Å². The fourth-order valence-electron chi connectivity index (χ4n) is 3.11. The van der Waals surface area contributed by atoms with Crippen molar-refractivity contribution < 1.29 is 14.3 Å². The van der Waals surface area contributed by atoms with E-state index in [0.717, 1.165) is 41.3 Å². The highest BCUT2D eigenvalue weighted by molar-refractivity contribution is 7.13. The minimum absolute atomic E-state index is 0.113. The molecule has 1 aromatic heterocycles. The molecule has 3 aromatic rings. The number of amides is 1. The van der Waals surface area contributed by atoms with Crippen molar-refractivity contribution in [1.29, 1.82) is 0 Å². The Morgan fingerprint density at radius 3 is 2.80 bits per heavy atom. The highest BCUT2D eigenvalue weighted by atomic mass is 35.5. The van der Waals surface area contributed by atoms with Crippen molar-refractivity contribution >= 4 is 40.4 Å². The lowest BCUT2D eigenvalue weighted by molar-refractivity contribution is 0.0854. The molecule has 8 heteroatoms. The number of aromatic nitrogens is 1. The lowest BCUT2D eigenvalue weighted by atomic mass is 10.2. The lowest BCUT2D eigenvalue weighted by Crippen LogP contribution is -2.31. The zero-order chi connectivity index (χ0) is 20.9. The predicted molar refractivity (Wildman–Crippen MR) is 120 cm³/mol. The van der Waals surface area contributed by atoms with Crippen molar-refractivity contribution in [3.05, 3.63) is 69.1 Å². The maximum atomic E-state index is 12.3. The third-order valence-electron chi connectivity index (χ3n) is 4.76. The lowest BCUT2D eigenvalue weighted by Gasteiger charge is -2.09. The van der Waals surface area contributed by atoms with Gasteiger partial charge in [0.05, 0.1) is 6.10 Å². The van der Waals surface area contributed by atoms with Gasteiger partial charge in [0.2, 0.25) is 0 Å². The van der Waals surface area contributed by atoms with Gasteiger partial charge in [0.1, 0.15) is 23.1 Å². The summed E-state index contributed by atoms with van der Waals surface area (Å²) in [4.78, 5) is 16.8. The van der Waals surface area contributed by atoms with Gasteiger partial charge in [-0.3, -0.25) is 4.79 Å². The van der Waals surface area contributed by atoms with Crippen molar-refractivity contribution in [1.82, 2.24) is 10.3 Å². The number of rotatable bonds is 7. The van der Waals surface area contributed by atoms with E-state index in [1.54, 1.807) is 17.5 Å². The van der Waals surface area contributed by atoms with Gasteiger partial charge in [-0.25, -0.2) is 4.98 Å². The van der Waals surface area contributed by atoms with E-state index in [2.05, 4.69) is 10.3 Å². The van der Waals surface area contributed by atoms with Crippen LogP contribution in [0, 0.1) is 0 Å². The zero-order valence-corrected chi connectivity index (χ0v) is 18.4. The van der Waals surface area contributed by atoms with Crippen LogP contribution in [0.5, 0.6) is 5.75 Å². The first-order chi connectivity index (χ1) is 14.6. The van der Waals surface area contributed by atoms with Crippen LogP contribution in [0.4, 0.5) is 0 Å². The van der Waals surface area contributed by atoms with E-state index in [0.29, 0.717) is 28.9 Å². The van der Waals surface area contributed by atoms with Crippen LogP contribution in [-0.2, 0) is 11.3 Å². The molecule has 1 saturated heterocycles. The van der Waals surface area contributed by atoms with E-state index in [1.165, 1.54) is 11.3 Å². The molecule has 0 aliphatic carbocycles. The fraction of sp³-hybridized carbons (Fsp3) is 0.273. The summed E-state index contributed by atoms with van der Waals surface area (Å²) in [6.45, 7) is 1.64. The Morgan fingerprint density at radius 2 is 2.07 bits per heavy atom. The molecule has 1 atom stereocenters. The molecule has 1 aliphatic heterocycles. The standard InChI is InChI=1S/C22H20Cl2N2O3S/c23-16-6-3-15(19(24)10-16)12-29-17-7-4-14(5-8-17)22-26-20(13-30-22)21(27)25-11-18-2-1-9-28-18/h3-8,10,13,18H,1-2,9,11-12H2,(H,25,27). The third kappa shape index (κ3) is 5.32. The van der Waals surface area contributed by atoms with Gasteiger partial charge in [-0.05, 0) is 49.2 Å². The van der Waals surface area contributed by atoms with E-state index in [4.69, 9.17) is 32.7 Å². The molecule has 156 valence electrons. The maximum absolute atomic E-state index is 12.3. The van der Waals surface area contributed by atoms with Crippen LogP contribution in [0.25, 0.3) is 10.6 Å². The topological polar surface area (TPSA) is 60.5 Å². The molecule has 2 aromatic carbocycles. The SMILES string of the molecule is O=C(NCC1CCCO1)c1csc(-c2ccc(OCc3ccc(Cl)cc3Cl)cc2)n1. The number of ether oxygens (including phenoxy) is 2. The number of hydrogen-bond acceptors (Lipinski definition) is 5. The van der Waals surface area contributed by atoms with Crippen LogP contribution in [0.3, 0.4) is 0 Å². The monoisotopic (exact) mass is 462 g/mol. The third-order valence-corrected chi connectivity index (χ3v) is 6.24. The first-order valence-electron chi connectivity index (χ1n) is 9.61. The number of carbonyl (C=O) groups excluding carboxylic acids is 1. The van der Waals surface area contributed by atoms with Crippen LogP contribution in [0.15, 0.2) is 47.8 Å². The summed E-state index contributed by atoms with van der Waals surface area (Å²) < 4.78 is 11.3. The molecule has 0 bridgehead atoms. The van der Waals surface area contributed by atoms with Gasteiger partial charge in [0, 0.05) is 39.7 Å². The first-order valence-corrected chi connectivity index (χ1v) is 11.2. The van der Waals surface area contributed by atoms with Crippen molar-refractivity contribution in [3.8, 4) is 16.3 Å². The second-order valence-corrected chi connectivity index (χ2v) is 8.63. The predicted octanol–water partition coefficient (Wildman–Crippen LogP) is 5.60. The summed E-state index contributed by atoms with van der Waals surface area (Å²) >= 11 is 13.5. The summed E-state index contributed by atoms with van der Waals surface area (Å²) in [7, 11) is 0. The molecule has 2 heterocycles. The average molecular weight is 463 g/mol. The minimum atomic E-state index is -0.173. The quantitative estimate of drug-likeness (QED) is 0.495. The molecule has 1 amide bonds. The average Bonchev–Trinajstić information content (AvgIpc) is 3.44. The first kappa shape index (κ1) is 21.1. The van der Waals surface area contributed by atoms with Gasteiger partial charge in [-0.1, -0.05) is 29.3 Å². The number of carbonyl (C=O) groups is 1. The Labute approximate surface area is 188 Å². The molecule has 0 saturated carbocycles. The highest BCUT2D eigenvalue weighted by Gasteiger charge is 2.18. The highest BCUT2D eigenvalue weighted by Crippen LogP contribution is 2.27. The van der Waals surface area contributed by atoms with Gasteiger partial charge in [-0.15, -0.1) is 11.3 Å². The summed E-state index contributed by atoms with van der Waals surface area (Å²) in [6, 6.07) is 12.9. The summed E-state index contributed by atoms with van der Waals surface area (Å²) in [5.41, 5.74) is 2.21. The van der Waals surface area contributed by atoms with Gasteiger partial charge < -0.3 is 14.8 Å². The summed E-state index contributed by atoms with van der Waals surface area (Å²) in [6.07, 6.45) is 2.15. The van der Waals surface area contributed by atoms with Crippen molar-refractivity contribution in [2.75, 3.05) is 13.2 Å². The molecule has 0 radical (unpaired) electrons. The van der Waals surface area contributed by atoms with E-state index in [1.807, 2.05) is 30.3 Å². The summed E-state index contributed by atoms with van der Waals surface area (Å²) in [5.74, 6) is 0.545. The molecule has 30 heavy (non-hydrogen) atoms. The number of nitrogens with zero attached hydrogens (tertiary/aromatic N) is 1. The fourth-order valence-corrected chi connectivity index (χ4v) is 4.38. The molecule has 1 unspecified atom stereocenters. The number of hydrogen-bond donors (Lipinski definition) is 1. The Bertz CT molecular complexity index is 1020. The van der Waals surface area contributed by atoms with Crippen LogP contribution in [-0.4, -0.2) is 30.1 Å². The number of nitrogens with one attached hydrogen (secondary N) is 1. The number of benzene rings is 2. The molecule has 4 rings (SSSR count). The Morgan fingerprint density at radius 1 is 1.23 bits per heavy atom. The van der Waals surface area contributed by atoms with Crippen LogP contribution >= 0.6 is 34.5 Å². The Kier molecular flexibility index (Phi) is 6.89. The number of thiazole rings is 1. The molecular weight excluding hydrogens is 443 g/mol. The summed E-state index contributed by atoms with van der Waals surface area (Å²) in [5, 5.41) is 6.62. The molecule has 1 N–H and O–H groups in total. The van der Waals surface area contributed by atoms with E-state index >= 15 is 0 Å². The molecule has 1 aliphatic rings. The Balaban J connectivity index is 1.34.